The number of furan rings is 2. The highest BCUT2D eigenvalue weighted by molar-refractivity contribution is 5.90. The molecule has 0 aliphatic rings. The average molecular weight is 319 g/mol. The molecule has 2 heterocycles. The van der Waals surface area contributed by atoms with E-state index in [2.05, 4.69) is 13.2 Å². The summed E-state index contributed by atoms with van der Waals surface area (Å²) in [5.74, 6) is 1.60. The van der Waals surface area contributed by atoms with E-state index >= 15 is 0 Å². The summed E-state index contributed by atoms with van der Waals surface area (Å²) in [6.07, 6.45) is 5.83. The predicted molar refractivity (Wildman–Crippen MR) is 102 cm³/mol. The van der Waals surface area contributed by atoms with Crippen molar-refractivity contribution in [2.45, 2.75) is 20.8 Å². The molecule has 0 bridgehead atoms. The van der Waals surface area contributed by atoms with Gasteiger partial charge in [0.2, 0.25) is 0 Å². The van der Waals surface area contributed by atoms with Gasteiger partial charge < -0.3 is 14.6 Å². The molecule has 2 aromatic heterocycles. The SMILES string of the molecule is C=Cc1c(C=C(C)C)oc(=C)/c1=C\c1c(C)oc2cc(N)ccc12. The van der Waals surface area contributed by atoms with E-state index < -0.39 is 0 Å². The van der Waals surface area contributed by atoms with Gasteiger partial charge in [-0.1, -0.05) is 24.8 Å². The van der Waals surface area contributed by atoms with Gasteiger partial charge in [-0.05, 0) is 45.1 Å². The van der Waals surface area contributed by atoms with Crippen LogP contribution >= 0.6 is 0 Å². The van der Waals surface area contributed by atoms with E-state index in [4.69, 9.17) is 14.6 Å². The Morgan fingerprint density at radius 1 is 1.17 bits per heavy atom. The largest absolute Gasteiger partial charge is 0.461 e. The van der Waals surface area contributed by atoms with Crippen molar-refractivity contribution in [2.24, 2.45) is 0 Å². The molecule has 0 unspecified atom stereocenters. The number of hydrogen-bond donors (Lipinski definition) is 1. The van der Waals surface area contributed by atoms with Gasteiger partial charge in [0, 0.05) is 33.5 Å². The van der Waals surface area contributed by atoms with E-state index in [0.29, 0.717) is 11.1 Å². The van der Waals surface area contributed by atoms with E-state index in [1.165, 1.54) is 0 Å². The van der Waals surface area contributed by atoms with Gasteiger partial charge in [-0.2, -0.15) is 0 Å². The number of rotatable bonds is 3. The molecule has 0 saturated carbocycles. The van der Waals surface area contributed by atoms with Crippen molar-refractivity contribution in [3.63, 3.8) is 0 Å². The first-order valence-corrected chi connectivity index (χ1v) is 7.80. The highest BCUT2D eigenvalue weighted by Gasteiger charge is 2.11. The number of aryl methyl sites for hydroxylation is 1. The molecular formula is C21H21NO2. The van der Waals surface area contributed by atoms with Gasteiger partial charge >= 0.3 is 0 Å². The summed E-state index contributed by atoms with van der Waals surface area (Å²) in [6, 6.07) is 5.68. The van der Waals surface area contributed by atoms with Crippen LogP contribution in [0.15, 0.2) is 39.2 Å². The molecule has 3 aromatic rings. The first kappa shape index (κ1) is 15.9. The Hall–Kier alpha value is -2.94. The van der Waals surface area contributed by atoms with Crippen molar-refractivity contribution in [2.75, 3.05) is 5.73 Å². The van der Waals surface area contributed by atoms with Gasteiger partial charge in [-0.3, -0.25) is 0 Å². The average Bonchev–Trinajstić information content (AvgIpc) is 2.96. The maximum atomic E-state index is 5.84. The highest BCUT2D eigenvalue weighted by Crippen LogP contribution is 2.27. The van der Waals surface area contributed by atoms with Crippen LogP contribution in [-0.4, -0.2) is 0 Å². The first-order chi connectivity index (χ1) is 11.4. The zero-order valence-electron chi connectivity index (χ0n) is 14.3. The van der Waals surface area contributed by atoms with Crippen LogP contribution in [0.5, 0.6) is 0 Å². The van der Waals surface area contributed by atoms with Crippen molar-refractivity contribution < 1.29 is 8.83 Å². The quantitative estimate of drug-likeness (QED) is 0.735. The standard InChI is InChI=1S/C21H21NO2/c1-6-16-18(13(4)23-20(16)9-12(2)3)11-19-14(5)24-21-10-15(22)7-8-17(19)21/h6-11H,1,4,22H2,2-3,5H3/b18-11+. The fraction of sp³-hybridized carbons (Fsp3) is 0.143. The van der Waals surface area contributed by atoms with Crippen LogP contribution in [0.3, 0.4) is 0 Å². The maximum Gasteiger partial charge on any atom is 0.136 e. The second-order valence-corrected chi connectivity index (χ2v) is 6.11. The van der Waals surface area contributed by atoms with Gasteiger partial charge in [0.25, 0.3) is 0 Å². The molecule has 0 amide bonds. The van der Waals surface area contributed by atoms with E-state index in [1.807, 2.05) is 51.1 Å². The van der Waals surface area contributed by atoms with Crippen LogP contribution < -0.4 is 16.4 Å². The van der Waals surface area contributed by atoms with E-state index in [9.17, 15) is 0 Å². The van der Waals surface area contributed by atoms with Crippen LogP contribution in [0.2, 0.25) is 0 Å². The highest BCUT2D eigenvalue weighted by atomic mass is 16.3. The Kier molecular flexibility index (Phi) is 3.94. The first-order valence-electron chi connectivity index (χ1n) is 7.80. The van der Waals surface area contributed by atoms with Gasteiger partial charge in [0.15, 0.2) is 0 Å². The molecule has 1 aromatic carbocycles. The van der Waals surface area contributed by atoms with Crippen molar-refractivity contribution >= 4 is 41.5 Å². The molecule has 122 valence electrons. The van der Waals surface area contributed by atoms with E-state index in [0.717, 1.165) is 44.4 Å². The minimum atomic E-state index is 0.613. The Morgan fingerprint density at radius 3 is 2.58 bits per heavy atom. The molecule has 0 radical (unpaired) electrons. The monoisotopic (exact) mass is 319 g/mol. The summed E-state index contributed by atoms with van der Waals surface area (Å²) in [5.41, 5.74) is 11.0. The van der Waals surface area contributed by atoms with Crippen molar-refractivity contribution in [3.05, 3.63) is 63.6 Å². The van der Waals surface area contributed by atoms with Crippen LogP contribution in [0.4, 0.5) is 5.69 Å². The lowest BCUT2D eigenvalue weighted by Crippen LogP contribution is -2.20. The van der Waals surface area contributed by atoms with E-state index in [-0.39, 0.29) is 0 Å². The molecule has 2 N–H and O–H groups in total. The van der Waals surface area contributed by atoms with Crippen molar-refractivity contribution in [1.29, 1.82) is 0 Å². The van der Waals surface area contributed by atoms with Gasteiger partial charge in [-0.15, -0.1) is 0 Å². The maximum absolute atomic E-state index is 5.84. The molecule has 3 heteroatoms. The summed E-state index contributed by atoms with van der Waals surface area (Å²) in [5, 5.41) is 1.93. The molecule has 0 aliphatic heterocycles. The number of anilines is 1. The number of fused-ring (bicyclic) bond motifs is 1. The van der Waals surface area contributed by atoms with Gasteiger partial charge in [0.05, 0.1) is 0 Å². The third kappa shape index (κ3) is 2.69. The molecule has 3 rings (SSSR count). The van der Waals surface area contributed by atoms with Gasteiger partial charge in [0.1, 0.15) is 22.5 Å². The molecule has 3 nitrogen and oxygen atoms in total. The lowest BCUT2D eigenvalue weighted by molar-refractivity contribution is 0.522. The number of nitrogens with two attached hydrogens (primary N) is 1. The molecule has 0 fully saturated rings. The second-order valence-electron chi connectivity index (χ2n) is 6.11. The molecular weight excluding hydrogens is 298 g/mol. The third-order valence-electron chi connectivity index (χ3n) is 3.94. The van der Waals surface area contributed by atoms with Crippen LogP contribution in [-0.2, 0) is 0 Å². The van der Waals surface area contributed by atoms with E-state index in [1.54, 1.807) is 6.08 Å². The van der Waals surface area contributed by atoms with Crippen molar-refractivity contribution in [3.8, 4) is 0 Å². The smallest absolute Gasteiger partial charge is 0.136 e. The predicted octanol–water partition coefficient (Wildman–Crippen LogP) is 4.22. The number of allylic oxidation sites excluding steroid dienone is 1. The molecule has 0 spiro atoms. The molecule has 0 atom stereocenters. The topological polar surface area (TPSA) is 52.3 Å². The van der Waals surface area contributed by atoms with Crippen LogP contribution in [0.1, 0.15) is 36.5 Å². The van der Waals surface area contributed by atoms with Crippen LogP contribution in [0.25, 0.3) is 35.8 Å². The van der Waals surface area contributed by atoms with Crippen LogP contribution in [0, 0.1) is 6.92 Å². The lowest BCUT2D eigenvalue weighted by atomic mass is 10.1. The Labute approximate surface area is 141 Å². The lowest BCUT2D eigenvalue weighted by Gasteiger charge is -1.94. The fourth-order valence-electron chi connectivity index (χ4n) is 2.84. The molecule has 0 saturated heterocycles. The zero-order chi connectivity index (χ0) is 17.4. The Morgan fingerprint density at radius 2 is 1.92 bits per heavy atom. The summed E-state index contributed by atoms with van der Waals surface area (Å²) in [4.78, 5) is 0. The third-order valence-corrected chi connectivity index (χ3v) is 3.94. The fourth-order valence-corrected chi connectivity index (χ4v) is 2.84. The minimum Gasteiger partial charge on any atom is -0.461 e. The van der Waals surface area contributed by atoms with Gasteiger partial charge in [-0.25, -0.2) is 0 Å². The Bertz CT molecular complexity index is 1070. The molecule has 0 aliphatic carbocycles. The van der Waals surface area contributed by atoms with Crippen molar-refractivity contribution in [1.82, 2.24) is 0 Å². The summed E-state index contributed by atoms with van der Waals surface area (Å²) in [6.45, 7) is 14.0. The molecule has 24 heavy (non-hydrogen) atoms. The number of benzene rings is 1. The summed E-state index contributed by atoms with van der Waals surface area (Å²) >= 11 is 0. The Balaban J connectivity index is 2.32. The zero-order valence-corrected chi connectivity index (χ0v) is 14.3. The minimum absolute atomic E-state index is 0.613. The number of nitrogen functional groups attached to an aromatic ring is 1. The normalized spacial score (nSPS) is 11.9. The number of hydrogen-bond acceptors (Lipinski definition) is 3. The second kappa shape index (κ2) is 5.93. The summed E-state index contributed by atoms with van der Waals surface area (Å²) in [7, 11) is 0. The summed E-state index contributed by atoms with van der Waals surface area (Å²) < 4.78 is 11.7.